The molecule has 1 atom stereocenters. The van der Waals surface area contributed by atoms with E-state index in [9.17, 15) is 24.3 Å². The minimum Gasteiger partial charge on any atom is -0.483 e. The van der Waals surface area contributed by atoms with E-state index in [1.807, 2.05) is 6.07 Å². The fraction of sp³-hybridized carbons (Fsp3) is 0.429. The molecule has 0 saturated heterocycles. The number of carbonyl (C=O) groups excluding carboxylic acids is 2. The van der Waals surface area contributed by atoms with Gasteiger partial charge in [-0.15, -0.1) is 0 Å². The van der Waals surface area contributed by atoms with Crippen LogP contribution in [0.5, 0.6) is 5.75 Å². The van der Waals surface area contributed by atoms with Gasteiger partial charge in [0.25, 0.3) is 5.91 Å². The molecular weight excluding hydrogens is 406 g/mol. The Morgan fingerprint density at radius 2 is 2.00 bits per heavy atom. The van der Waals surface area contributed by atoms with E-state index in [4.69, 9.17) is 14.9 Å². The molecule has 10 nitrogen and oxygen atoms in total. The quantitative estimate of drug-likeness (QED) is 0.340. The first-order valence-corrected chi connectivity index (χ1v) is 10.0. The highest BCUT2D eigenvalue weighted by molar-refractivity contribution is 5.87. The SMILES string of the molecule is Cc1c(OCC(=O)N[C@H](CCCNC(N)=O)C(=O)O)ccc2c3c(c(=O)oc12)CCC3. The lowest BCUT2D eigenvalue weighted by Crippen LogP contribution is -2.43. The van der Waals surface area contributed by atoms with Crippen molar-refractivity contribution >= 4 is 28.9 Å². The third-order valence-electron chi connectivity index (χ3n) is 5.30. The Kier molecular flexibility index (Phi) is 6.78. The number of aryl methyl sites for hydroxylation is 2. The number of amides is 3. The number of fused-ring (bicyclic) bond motifs is 3. The van der Waals surface area contributed by atoms with E-state index in [1.54, 1.807) is 13.0 Å². The van der Waals surface area contributed by atoms with Crippen LogP contribution in [0.2, 0.25) is 0 Å². The molecule has 3 amide bonds. The summed E-state index contributed by atoms with van der Waals surface area (Å²) >= 11 is 0. The molecule has 0 radical (unpaired) electrons. The van der Waals surface area contributed by atoms with Gasteiger partial charge >= 0.3 is 17.6 Å². The summed E-state index contributed by atoms with van der Waals surface area (Å²) in [5, 5.41) is 14.9. The van der Waals surface area contributed by atoms with Gasteiger partial charge in [-0.1, -0.05) is 0 Å². The Morgan fingerprint density at radius 3 is 2.71 bits per heavy atom. The van der Waals surface area contributed by atoms with Gasteiger partial charge in [0.1, 0.15) is 17.4 Å². The number of carboxylic acids is 1. The van der Waals surface area contributed by atoms with Crippen molar-refractivity contribution in [3.05, 3.63) is 39.2 Å². The maximum atomic E-state index is 12.2. The van der Waals surface area contributed by atoms with Crippen LogP contribution in [-0.4, -0.2) is 42.2 Å². The first kappa shape index (κ1) is 22.1. The lowest BCUT2D eigenvalue weighted by atomic mass is 10.0. The van der Waals surface area contributed by atoms with Crippen molar-refractivity contribution in [2.75, 3.05) is 13.2 Å². The zero-order chi connectivity index (χ0) is 22.5. The van der Waals surface area contributed by atoms with E-state index in [0.29, 0.717) is 29.7 Å². The van der Waals surface area contributed by atoms with Crippen molar-refractivity contribution in [2.24, 2.45) is 5.73 Å². The van der Waals surface area contributed by atoms with Gasteiger partial charge < -0.3 is 30.6 Å². The number of ether oxygens (including phenoxy) is 1. The Labute approximate surface area is 177 Å². The number of nitrogens with one attached hydrogen (secondary N) is 2. The van der Waals surface area contributed by atoms with Crippen LogP contribution >= 0.6 is 0 Å². The van der Waals surface area contributed by atoms with E-state index in [1.165, 1.54) is 0 Å². The number of aliphatic carboxylic acids is 1. The van der Waals surface area contributed by atoms with Crippen molar-refractivity contribution in [1.29, 1.82) is 0 Å². The van der Waals surface area contributed by atoms with Crippen LogP contribution in [-0.2, 0) is 22.4 Å². The first-order chi connectivity index (χ1) is 14.8. The monoisotopic (exact) mass is 431 g/mol. The van der Waals surface area contributed by atoms with Gasteiger partial charge in [-0.2, -0.15) is 0 Å². The summed E-state index contributed by atoms with van der Waals surface area (Å²) in [6.07, 6.45) is 2.90. The molecule has 31 heavy (non-hydrogen) atoms. The molecule has 1 aliphatic rings. The van der Waals surface area contributed by atoms with E-state index >= 15 is 0 Å². The standard InChI is InChI=1S/C21H25N3O7/c1-11-16(8-7-13-12-4-2-5-14(12)20(28)31-18(11)13)30-10-17(25)24-15(19(26)27)6-3-9-23-21(22)29/h7-8,15H,2-6,9-10H2,1H3,(H,24,25)(H,26,27)(H3,22,23,29)/t15-/m1/s1. The molecule has 1 aromatic heterocycles. The van der Waals surface area contributed by atoms with Crippen LogP contribution in [0.3, 0.4) is 0 Å². The molecule has 1 aromatic carbocycles. The summed E-state index contributed by atoms with van der Waals surface area (Å²) in [5.74, 6) is -1.42. The van der Waals surface area contributed by atoms with Gasteiger partial charge in [-0.3, -0.25) is 4.79 Å². The number of benzene rings is 1. The molecule has 0 spiro atoms. The third kappa shape index (κ3) is 5.14. The second-order valence-corrected chi connectivity index (χ2v) is 7.45. The average molecular weight is 431 g/mol. The Bertz CT molecular complexity index is 1080. The van der Waals surface area contributed by atoms with Crippen LogP contribution in [0.15, 0.2) is 21.3 Å². The van der Waals surface area contributed by atoms with Gasteiger partial charge in [-0.25, -0.2) is 14.4 Å². The predicted octanol–water partition coefficient (Wildman–Crippen LogP) is 0.987. The number of hydrogen-bond donors (Lipinski definition) is 4. The molecule has 166 valence electrons. The van der Waals surface area contributed by atoms with Gasteiger partial charge in [0, 0.05) is 23.1 Å². The smallest absolute Gasteiger partial charge is 0.339 e. The molecule has 5 N–H and O–H groups in total. The lowest BCUT2D eigenvalue weighted by molar-refractivity contribution is -0.142. The van der Waals surface area contributed by atoms with Crippen LogP contribution in [0.4, 0.5) is 4.79 Å². The molecule has 10 heteroatoms. The number of carbonyl (C=O) groups is 3. The zero-order valence-corrected chi connectivity index (χ0v) is 17.2. The maximum Gasteiger partial charge on any atom is 0.339 e. The number of hydrogen-bond acceptors (Lipinski definition) is 6. The van der Waals surface area contributed by atoms with Crippen LogP contribution in [0, 0.1) is 6.92 Å². The van der Waals surface area contributed by atoms with E-state index in [-0.39, 0.29) is 18.6 Å². The molecule has 0 saturated carbocycles. The molecular formula is C21H25N3O7. The molecule has 1 heterocycles. The number of primary amides is 1. The van der Waals surface area contributed by atoms with Crippen molar-refractivity contribution in [3.63, 3.8) is 0 Å². The number of nitrogens with two attached hydrogens (primary N) is 1. The highest BCUT2D eigenvalue weighted by Gasteiger charge is 2.22. The highest BCUT2D eigenvalue weighted by Crippen LogP contribution is 2.32. The van der Waals surface area contributed by atoms with Crippen molar-refractivity contribution in [2.45, 2.75) is 45.1 Å². The maximum absolute atomic E-state index is 12.2. The van der Waals surface area contributed by atoms with E-state index in [2.05, 4.69) is 10.6 Å². The van der Waals surface area contributed by atoms with E-state index < -0.39 is 30.6 Å². The summed E-state index contributed by atoms with van der Waals surface area (Å²) in [6.45, 7) is 1.55. The summed E-state index contributed by atoms with van der Waals surface area (Å²) in [6, 6.07) is 1.71. The van der Waals surface area contributed by atoms with Crippen LogP contribution in [0.1, 0.15) is 36.0 Å². The first-order valence-electron chi connectivity index (χ1n) is 10.0. The van der Waals surface area contributed by atoms with Crippen molar-refractivity contribution < 1.29 is 28.6 Å². The predicted molar refractivity (Wildman–Crippen MR) is 111 cm³/mol. The topological polar surface area (TPSA) is 161 Å². The van der Waals surface area contributed by atoms with Crippen molar-refractivity contribution in [1.82, 2.24) is 10.6 Å². The van der Waals surface area contributed by atoms with Crippen molar-refractivity contribution in [3.8, 4) is 5.75 Å². The molecule has 2 aromatic rings. The molecule has 3 rings (SSSR count). The number of carboxylic acid groups (broad SMARTS) is 1. The average Bonchev–Trinajstić information content (AvgIpc) is 3.21. The lowest BCUT2D eigenvalue weighted by Gasteiger charge is -2.16. The fourth-order valence-corrected chi connectivity index (χ4v) is 3.77. The largest absolute Gasteiger partial charge is 0.483 e. The number of urea groups is 1. The van der Waals surface area contributed by atoms with Gasteiger partial charge in [0.2, 0.25) is 0 Å². The summed E-state index contributed by atoms with van der Waals surface area (Å²) < 4.78 is 11.1. The van der Waals surface area contributed by atoms with Gasteiger partial charge in [0.15, 0.2) is 6.61 Å². The second kappa shape index (κ2) is 9.50. The summed E-state index contributed by atoms with van der Waals surface area (Å²) in [5.41, 5.74) is 7.39. The van der Waals surface area contributed by atoms with Gasteiger partial charge in [0.05, 0.1) is 0 Å². The molecule has 0 bridgehead atoms. The third-order valence-corrected chi connectivity index (χ3v) is 5.30. The van der Waals surface area contributed by atoms with E-state index in [0.717, 1.165) is 29.4 Å². The second-order valence-electron chi connectivity index (χ2n) is 7.45. The minimum atomic E-state index is -1.19. The Morgan fingerprint density at radius 1 is 1.26 bits per heavy atom. The molecule has 0 aliphatic heterocycles. The highest BCUT2D eigenvalue weighted by atomic mass is 16.5. The Hall–Kier alpha value is -3.56. The zero-order valence-electron chi connectivity index (χ0n) is 17.2. The minimum absolute atomic E-state index is 0.118. The fourth-order valence-electron chi connectivity index (χ4n) is 3.77. The van der Waals surface area contributed by atoms with Crippen LogP contribution < -0.4 is 26.7 Å². The normalized spacial score (nSPS) is 13.5. The summed E-state index contributed by atoms with van der Waals surface area (Å²) in [7, 11) is 0. The summed E-state index contributed by atoms with van der Waals surface area (Å²) in [4.78, 5) is 46.4. The van der Waals surface area contributed by atoms with Crippen LogP contribution in [0.25, 0.3) is 11.0 Å². The molecule has 1 aliphatic carbocycles. The number of rotatable bonds is 9. The van der Waals surface area contributed by atoms with Gasteiger partial charge in [-0.05, 0) is 56.7 Å². The Balaban J connectivity index is 1.63. The molecule has 0 unspecified atom stereocenters. The molecule has 0 fully saturated rings.